The van der Waals surface area contributed by atoms with Crippen LogP contribution in [-0.2, 0) is 11.2 Å². The summed E-state index contributed by atoms with van der Waals surface area (Å²) in [5.41, 5.74) is 0. The lowest BCUT2D eigenvalue weighted by atomic mass is 10.1. The Labute approximate surface area is 102 Å². The minimum absolute atomic E-state index is 0.438. The van der Waals surface area contributed by atoms with Gasteiger partial charge in [-0.1, -0.05) is 0 Å². The van der Waals surface area contributed by atoms with E-state index in [1.54, 1.807) is 0 Å². The normalized spacial score (nSPS) is 21.9. The summed E-state index contributed by atoms with van der Waals surface area (Å²) in [4.78, 5) is 0. The summed E-state index contributed by atoms with van der Waals surface area (Å²) in [7, 11) is 0. The number of ether oxygens (including phenoxy) is 1. The van der Waals surface area contributed by atoms with Gasteiger partial charge in [0, 0.05) is 12.5 Å². The van der Waals surface area contributed by atoms with Crippen LogP contribution in [0.25, 0.3) is 0 Å². The molecule has 1 aliphatic carbocycles. The van der Waals surface area contributed by atoms with Crippen molar-refractivity contribution in [1.82, 2.24) is 20.1 Å². The molecule has 0 amide bonds. The number of nitrogens with one attached hydrogen (secondary N) is 1. The first-order chi connectivity index (χ1) is 8.43. The van der Waals surface area contributed by atoms with Crippen molar-refractivity contribution in [1.29, 1.82) is 0 Å². The van der Waals surface area contributed by atoms with Crippen LogP contribution in [-0.4, -0.2) is 40.6 Å². The van der Waals surface area contributed by atoms with Crippen molar-refractivity contribution >= 4 is 0 Å². The zero-order valence-corrected chi connectivity index (χ0v) is 10.1. The molecule has 2 heterocycles. The quantitative estimate of drug-likeness (QED) is 0.826. The maximum atomic E-state index is 5.89. The fraction of sp³-hybridized carbons (Fsp3) is 0.833. The molecular weight excluding hydrogens is 216 g/mol. The van der Waals surface area contributed by atoms with Crippen molar-refractivity contribution in [3.05, 3.63) is 12.2 Å². The molecule has 0 bridgehead atoms. The van der Waals surface area contributed by atoms with E-state index in [2.05, 4.69) is 20.1 Å². The van der Waals surface area contributed by atoms with E-state index in [1.165, 1.54) is 12.8 Å². The van der Waals surface area contributed by atoms with Crippen LogP contribution in [0.3, 0.4) is 0 Å². The molecule has 0 aromatic carbocycles. The van der Waals surface area contributed by atoms with Crippen LogP contribution in [0.15, 0.2) is 6.33 Å². The molecule has 1 aromatic heterocycles. The molecule has 3 rings (SSSR count). The van der Waals surface area contributed by atoms with Crippen molar-refractivity contribution < 1.29 is 4.74 Å². The summed E-state index contributed by atoms with van der Waals surface area (Å²) in [5, 5.41) is 11.5. The van der Waals surface area contributed by atoms with E-state index >= 15 is 0 Å². The van der Waals surface area contributed by atoms with Gasteiger partial charge in [-0.2, -0.15) is 0 Å². The van der Waals surface area contributed by atoms with Crippen molar-refractivity contribution in [2.24, 2.45) is 0 Å². The Hall–Kier alpha value is -0.940. The molecule has 1 saturated heterocycles. The third-order valence-electron chi connectivity index (χ3n) is 3.55. The molecule has 5 heteroatoms. The van der Waals surface area contributed by atoms with Gasteiger partial charge in [0.1, 0.15) is 12.2 Å². The minimum Gasteiger partial charge on any atom is -0.378 e. The highest BCUT2D eigenvalue weighted by Crippen LogP contribution is 2.35. The van der Waals surface area contributed by atoms with Gasteiger partial charge < -0.3 is 14.6 Å². The van der Waals surface area contributed by atoms with Crippen molar-refractivity contribution in [3.8, 4) is 0 Å². The van der Waals surface area contributed by atoms with Gasteiger partial charge in [-0.3, -0.25) is 0 Å². The fourth-order valence-electron chi connectivity index (χ4n) is 2.38. The van der Waals surface area contributed by atoms with Crippen LogP contribution in [0.2, 0.25) is 0 Å². The van der Waals surface area contributed by atoms with Gasteiger partial charge >= 0.3 is 0 Å². The Morgan fingerprint density at radius 2 is 2.12 bits per heavy atom. The first kappa shape index (κ1) is 11.2. The Morgan fingerprint density at radius 3 is 2.88 bits per heavy atom. The van der Waals surface area contributed by atoms with E-state index < -0.39 is 0 Å². The highest BCUT2D eigenvalue weighted by atomic mass is 16.5. The molecule has 2 aliphatic rings. The van der Waals surface area contributed by atoms with E-state index in [0.29, 0.717) is 12.1 Å². The highest BCUT2D eigenvalue weighted by Gasteiger charge is 2.25. The molecule has 1 N–H and O–H groups in total. The largest absolute Gasteiger partial charge is 0.378 e. The predicted octanol–water partition coefficient (Wildman–Crippen LogP) is 0.924. The maximum Gasteiger partial charge on any atom is 0.135 e. The third-order valence-corrected chi connectivity index (χ3v) is 3.55. The molecule has 2 fully saturated rings. The third kappa shape index (κ3) is 2.84. The monoisotopic (exact) mass is 236 g/mol. The number of piperidine rings is 1. The second-order valence-corrected chi connectivity index (χ2v) is 4.96. The van der Waals surface area contributed by atoms with Crippen molar-refractivity contribution in [2.45, 2.75) is 44.2 Å². The zero-order chi connectivity index (χ0) is 11.5. The molecule has 0 spiro atoms. The highest BCUT2D eigenvalue weighted by molar-refractivity contribution is 4.94. The molecule has 0 unspecified atom stereocenters. The summed E-state index contributed by atoms with van der Waals surface area (Å²) in [6, 6.07) is 0.666. The smallest absolute Gasteiger partial charge is 0.135 e. The number of aromatic nitrogens is 3. The van der Waals surface area contributed by atoms with Crippen LogP contribution in [0.5, 0.6) is 0 Å². The predicted molar refractivity (Wildman–Crippen MR) is 63.8 cm³/mol. The van der Waals surface area contributed by atoms with E-state index in [0.717, 1.165) is 44.8 Å². The topological polar surface area (TPSA) is 52.0 Å². The van der Waals surface area contributed by atoms with Crippen LogP contribution >= 0.6 is 0 Å². The Bertz CT molecular complexity index is 355. The average molecular weight is 236 g/mol. The molecule has 1 aliphatic heterocycles. The van der Waals surface area contributed by atoms with Gasteiger partial charge in [-0.05, 0) is 38.8 Å². The van der Waals surface area contributed by atoms with E-state index in [9.17, 15) is 0 Å². The van der Waals surface area contributed by atoms with Gasteiger partial charge in [0.25, 0.3) is 0 Å². The first-order valence-corrected chi connectivity index (χ1v) is 6.64. The van der Waals surface area contributed by atoms with Gasteiger partial charge in [-0.15, -0.1) is 10.2 Å². The van der Waals surface area contributed by atoms with E-state index in [4.69, 9.17) is 4.74 Å². The molecule has 5 nitrogen and oxygen atoms in total. The average Bonchev–Trinajstić information content (AvgIpc) is 3.11. The van der Waals surface area contributed by atoms with Crippen LogP contribution in [0.1, 0.15) is 37.5 Å². The standard InChI is InChI=1S/C12H20N4O/c1-2-10(1)16-9-14-15-12(16)5-8-17-11-3-6-13-7-4-11/h9-11,13H,1-8H2. The Kier molecular flexibility index (Phi) is 3.38. The van der Waals surface area contributed by atoms with Crippen LogP contribution in [0.4, 0.5) is 0 Å². The summed E-state index contributed by atoms with van der Waals surface area (Å²) in [6.07, 6.45) is 8.01. The molecule has 1 saturated carbocycles. The number of nitrogens with zero attached hydrogens (tertiary/aromatic N) is 3. The maximum absolute atomic E-state index is 5.89. The molecule has 94 valence electrons. The summed E-state index contributed by atoms with van der Waals surface area (Å²) < 4.78 is 8.10. The van der Waals surface area contributed by atoms with Crippen molar-refractivity contribution in [3.63, 3.8) is 0 Å². The lowest BCUT2D eigenvalue weighted by molar-refractivity contribution is 0.0339. The molecule has 0 radical (unpaired) electrons. The van der Waals surface area contributed by atoms with Gasteiger partial charge in [0.15, 0.2) is 0 Å². The van der Waals surface area contributed by atoms with Gasteiger partial charge in [0.05, 0.1) is 12.7 Å². The van der Waals surface area contributed by atoms with Crippen LogP contribution < -0.4 is 5.32 Å². The van der Waals surface area contributed by atoms with E-state index in [-0.39, 0.29) is 0 Å². The molecule has 0 atom stereocenters. The Morgan fingerprint density at radius 1 is 1.29 bits per heavy atom. The zero-order valence-electron chi connectivity index (χ0n) is 10.1. The lowest BCUT2D eigenvalue weighted by Crippen LogP contribution is -2.32. The van der Waals surface area contributed by atoms with Gasteiger partial charge in [0.2, 0.25) is 0 Å². The summed E-state index contributed by atoms with van der Waals surface area (Å²) in [6.45, 7) is 2.95. The summed E-state index contributed by atoms with van der Waals surface area (Å²) >= 11 is 0. The number of hydrogen-bond acceptors (Lipinski definition) is 4. The fourth-order valence-corrected chi connectivity index (χ4v) is 2.38. The first-order valence-electron chi connectivity index (χ1n) is 6.64. The van der Waals surface area contributed by atoms with E-state index in [1.807, 2.05) is 6.33 Å². The molecule has 1 aromatic rings. The lowest BCUT2D eigenvalue weighted by Gasteiger charge is -2.22. The number of rotatable bonds is 5. The SMILES string of the molecule is c1nnc(CCOC2CCNCC2)n1C1CC1. The van der Waals surface area contributed by atoms with Crippen LogP contribution in [0, 0.1) is 0 Å². The summed E-state index contributed by atoms with van der Waals surface area (Å²) in [5.74, 6) is 1.08. The Balaban J connectivity index is 1.45. The second-order valence-electron chi connectivity index (χ2n) is 4.96. The van der Waals surface area contributed by atoms with Gasteiger partial charge in [-0.25, -0.2) is 0 Å². The van der Waals surface area contributed by atoms with Crippen molar-refractivity contribution in [2.75, 3.05) is 19.7 Å². The molecule has 17 heavy (non-hydrogen) atoms. The minimum atomic E-state index is 0.438. The number of hydrogen-bond donors (Lipinski definition) is 1. The molecular formula is C12H20N4O. The second kappa shape index (κ2) is 5.14.